The molecule has 0 aromatic rings. The molecule has 2 aliphatic rings. The predicted molar refractivity (Wildman–Crippen MR) is 85.5 cm³/mol. The monoisotopic (exact) mass is 296 g/mol. The van der Waals surface area contributed by atoms with Crippen LogP contribution in [0.1, 0.15) is 48.5 Å². The first kappa shape index (κ1) is 16.9. The predicted octanol–water partition coefficient (Wildman–Crippen LogP) is 2.18. The van der Waals surface area contributed by atoms with Crippen molar-refractivity contribution in [2.45, 2.75) is 65.2 Å². The molecule has 0 N–H and O–H groups in total. The van der Waals surface area contributed by atoms with Gasteiger partial charge in [-0.25, -0.2) is 0 Å². The van der Waals surface area contributed by atoms with Crippen LogP contribution < -0.4 is 0 Å². The number of carbonyl (C=O) groups excluding carboxylic acids is 1. The van der Waals surface area contributed by atoms with Gasteiger partial charge in [0, 0.05) is 38.3 Å². The number of carbonyl (C=O) groups is 1. The van der Waals surface area contributed by atoms with Crippen LogP contribution in [-0.4, -0.2) is 65.0 Å². The van der Waals surface area contributed by atoms with Gasteiger partial charge in [-0.1, -0.05) is 0 Å². The largest absolute Gasteiger partial charge is 0.361 e. The molecule has 122 valence electrons. The third-order valence-corrected chi connectivity index (χ3v) is 5.03. The van der Waals surface area contributed by atoms with Gasteiger partial charge in [0.1, 0.15) is 5.60 Å². The lowest BCUT2D eigenvalue weighted by Gasteiger charge is -2.43. The van der Waals surface area contributed by atoms with Crippen LogP contribution in [0, 0.1) is 5.92 Å². The minimum atomic E-state index is -0.638. The highest BCUT2D eigenvalue weighted by molar-refractivity contribution is 5.91. The minimum absolute atomic E-state index is 0.0197. The van der Waals surface area contributed by atoms with Crippen molar-refractivity contribution in [1.29, 1.82) is 0 Å². The topological polar surface area (TPSA) is 32.8 Å². The van der Waals surface area contributed by atoms with Crippen LogP contribution in [0.4, 0.5) is 0 Å². The van der Waals surface area contributed by atoms with Gasteiger partial charge in [-0.15, -0.1) is 0 Å². The van der Waals surface area contributed by atoms with Crippen LogP contribution in [0.25, 0.3) is 0 Å². The smallest absolute Gasteiger partial charge is 0.171 e. The number of nitrogens with zero attached hydrogens (tertiary/aromatic N) is 2. The van der Waals surface area contributed by atoms with E-state index in [2.05, 4.69) is 44.4 Å². The summed E-state index contributed by atoms with van der Waals surface area (Å²) >= 11 is 0. The van der Waals surface area contributed by atoms with Crippen LogP contribution in [0.15, 0.2) is 0 Å². The number of hydrogen-bond acceptors (Lipinski definition) is 4. The van der Waals surface area contributed by atoms with Crippen molar-refractivity contribution in [1.82, 2.24) is 9.80 Å². The summed E-state index contributed by atoms with van der Waals surface area (Å²) in [5.41, 5.74) is -0.761. The van der Waals surface area contributed by atoms with E-state index in [1.807, 2.05) is 13.8 Å². The summed E-state index contributed by atoms with van der Waals surface area (Å²) in [4.78, 5) is 17.5. The molecule has 1 unspecified atom stereocenters. The molecule has 2 aliphatic heterocycles. The molecule has 4 nitrogen and oxygen atoms in total. The van der Waals surface area contributed by atoms with Gasteiger partial charge >= 0.3 is 0 Å². The second-order valence-corrected chi connectivity index (χ2v) is 8.59. The Kier molecular flexibility index (Phi) is 4.29. The molecule has 4 heteroatoms. The molecule has 2 fully saturated rings. The van der Waals surface area contributed by atoms with Gasteiger partial charge in [-0.3, -0.25) is 14.6 Å². The van der Waals surface area contributed by atoms with Gasteiger partial charge in [0.05, 0.1) is 11.5 Å². The molecule has 0 spiro atoms. The number of Topliss-reactive ketones (excluding diaryl/α,β-unsaturated/α-hetero) is 1. The second kappa shape index (κ2) is 5.32. The van der Waals surface area contributed by atoms with Gasteiger partial charge in [-0.2, -0.15) is 0 Å². The van der Waals surface area contributed by atoms with Crippen molar-refractivity contribution >= 4 is 5.78 Å². The Morgan fingerprint density at radius 3 is 2.00 bits per heavy atom. The summed E-state index contributed by atoms with van der Waals surface area (Å²) in [5, 5.41) is 0. The quantitative estimate of drug-likeness (QED) is 0.782. The summed E-state index contributed by atoms with van der Waals surface area (Å²) in [6, 6.07) is 0. The van der Waals surface area contributed by atoms with Gasteiger partial charge in [0.15, 0.2) is 5.78 Å². The molecule has 0 saturated carbocycles. The Bertz CT molecular complexity index is 402. The van der Waals surface area contributed by atoms with E-state index in [0.29, 0.717) is 0 Å². The Morgan fingerprint density at radius 1 is 1.10 bits per heavy atom. The fraction of sp³-hybridized carbons (Fsp3) is 0.941. The van der Waals surface area contributed by atoms with Gasteiger partial charge < -0.3 is 4.74 Å². The third kappa shape index (κ3) is 3.49. The third-order valence-electron chi connectivity index (χ3n) is 5.03. The number of rotatable bonds is 2. The van der Waals surface area contributed by atoms with Gasteiger partial charge in [-0.05, 0) is 48.5 Å². The molecule has 2 rings (SSSR count). The van der Waals surface area contributed by atoms with E-state index in [4.69, 9.17) is 4.74 Å². The van der Waals surface area contributed by atoms with Gasteiger partial charge in [0.25, 0.3) is 0 Å². The van der Waals surface area contributed by atoms with Crippen LogP contribution in [0.5, 0.6) is 0 Å². The summed E-state index contributed by atoms with van der Waals surface area (Å²) in [5.74, 6) is 0.236. The lowest BCUT2D eigenvalue weighted by molar-refractivity contribution is -0.132. The zero-order valence-corrected chi connectivity index (χ0v) is 14.8. The summed E-state index contributed by atoms with van der Waals surface area (Å²) in [6.45, 7) is 19.8. The zero-order chi connectivity index (χ0) is 16.1. The second-order valence-electron chi connectivity index (χ2n) is 8.59. The highest BCUT2D eigenvalue weighted by Gasteiger charge is 2.53. The lowest BCUT2D eigenvalue weighted by atomic mass is 9.85. The molecule has 0 aromatic carbocycles. The first-order chi connectivity index (χ1) is 9.43. The number of ether oxygens (including phenoxy) is 1. The highest BCUT2D eigenvalue weighted by Crippen LogP contribution is 2.39. The maximum absolute atomic E-state index is 12.6. The molecule has 0 aromatic heterocycles. The molecule has 0 radical (unpaired) electrons. The van der Waals surface area contributed by atoms with Crippen LogP contribution in [0.2, 0.25) is 0 Å². The summed E-state index contributed by atoms with van der Waals surface area (Å²) in [7, 11) is 0. The van der Waals surface area contributed by atoms with Crippen molar-refractivity contribution in [3.63, 3.8) is 0 Å². The Balaban J connectivity index is 1.96. The van der Waals surface area contributed by atoms with Crippen LogP contribution in [-0.2, 0) is 9.53 Å². The molecule has 2 saturated heterocycles. The SMILES string of the molecule is CC1(C)OC(C)(C)C(CN2CCN(C(C)(C)C)CC2)C1=O. The van der Waals surface area contributed by atoms with Crippen molar-refractivity contribution < 1.29 is 9.53 Å². The molecular weight excluding hydrogens is 264 g/mol. The number of ketones is 1. The Labute approximate surface area is 129 Å². The Morgan fingerprint density at radius 2 is 1.62 bits per heavy atom. The van der Waals surface area contributed by atoms with E-state index >= 15 is 0 Å². The first-order valence-corrected chi connectivity index (χ1v) is 8.15. The molecule has 0 bridgehead atoms. The van der Waals surface area contributed by atoms with Crippen molar-refractivity contribution in [3.8, 4) is 0 Å². The van der Waals surface area contributed by atoms with Crippen LogP contribution in [0.3, 0.4) is 0 Å². The average Bonchev–Trinajstić information content (AvgIpc) is 2.47. The fourth-order valence-corrected chi connectivity index (χ4v) is 3.68. The standard InChI is InChI=1S/C17H32N2O2/c1-15(2,3)19-10-8-18(9-11-19)12-13-14(20)17(6,7)21-16(13,4)5/h13H,8-12H2,1-7H3. The Hall–Kier alpha value is -0.450. The lowest BCUT2D eigenvalue weighted by Crippen LogP contribution is -2.55. The molecule has 2 heterocycles. The molecule has 1 atom stereocenters. The normalized spacial score (nSPS) is 30.8. The summed E-state index contributed by atoms with van der Waals surface area (Å²) < 4.78 is 5.99. The molecular formula is C17H32N2O2. The maximum Gasteiger partial charge on any atom is 0.171 e. The fourth-order valence-electron chi connectivity index (χ4n) is 3.68. The number of piperazine rings is 1. The molecule has 21 heavy (non-hydrogen) atoms. The zero-order valence-electron chi connectivity index (χ0n) is 14.8. The van der Waals surface area contributed by atoms with Crippen LogP contribution >= 0.6 is 0 Å². The van der Waals surface area contributed by atoms with Crippen molar-refractivity contribution in [2.24, 2.45) is 5.92 Å². The van der Waals surface area contributed by atoms with Gasteiger partial charge in [0.2, 0.25) is 0 Å². The van der Waals surface area contributed by atoms with E-state index in [9.17, 15) is 4.79 Å². The van der Waals surface area contributed by atoms with E-state index < -0.39 is 5.60 Å². The minimum Gasteiger partial charge on any atom is -0.361 e. The highest BCUT2D eigenvalue weighted by atomic mass is 16.5. The molecule has 0 amide bonds. The van der Waals surface area contributed by atoms with E-state index in [1.165, 1.54) is 0 Å². The summed E-state index contributed by atoms with van der Waals surface area (Å²) in [6.07, 6.45) is 0. The van der Waals surface area contributed by atoms with Crippen molar-refractivity contribution in [2.75, 3.05) is 32.7 Å². The van der Waals surface area contributed by atoms with Crippen molar-refractivity contribution in [3.05, 3.63) is 0 Å². The number of hydrogen-bond donors (Lipinski definition) is 0. The first-order valence-electron chi connectivity index (χ1n) is 8.15. The van der Waals surface area contributed by atoms with E-state index in [1.54, 1.807) is 0 Å². The maximum atomic E-state index is 12.6. The molecule has 0 aliphatic carbocycles. The van der Waals surface area contributed by atoms with E-state index in [-0.39, 0.29) is 22.8 Å². The average molecular weight is 296 g/mol. The van der Waals surface area contributed by atoms with E-state index in [0.717, 1.165) is 32.7 Å².